The highest BCUT2D eigenvalue weighted by atomic mass is 35.5. The zero-order valence-electron chi connectivity index (χ0n) is 12.7. The number of carbonyl (C=O) groups is 2. The highest BCUT2D eigenvalue weighted by Crippen LogP contribution is 2.19. The fraction of sp³-hybridized carbons (Fsp3) is 0.467. The minimum atomic E-state index is -0.633. The highest BCUT2D eigenvalue weighted by Gasteiger charge is 2.24. The molecule has 0 aliphatic carbocycles. The molecular weight excluding hydrogens is 304 g/mol. The Balaban J connectivity index is 0.00000242. The van der Waals surface area contributed by atoms with Crippen molar-refractivity contribution in [2.75, 3.05) is 32.0 Å². The van der Waals surface area contributed by atoms with Gasteiger partial charge in [0.2, 0.25) is 0 Å². The zero-order valence-corrected chi connectivity index (χ0v) is 13.5. The van der Waals surface area contributed by atoms with Crippen LogP contribution in [-0.2, 0) is 0 Å². The second-order valence-corrected chi connectivity index (χ2v) is 5.39. The van der Waals surface area contributed by atoms with Gasteiger partial charge in [0, 0.05) is 24.3 Å². The molecule has 0 spiro atoms. The largest absolute Gasteiger partial charge is 0.351 e. The first-order chi connectivity index (χ1) is 10.1. The summed E-state index contributed by atoms with van der Waals surface area (Å²) in [6, 6.07) is 6.24. The molecule has 1 aliphatic rings. The maximum Gasteiger partial charge on any atom is 0.316 e. The smallest absolute Gasteiger partial charge is 0.316 e. The van der Waals surface area contributed by atoms with Gasteiger partial charge in [0.05, 0.1) is 0 Å². The van der Waals surface area contributed by atoms with Crippen LogP contribution >= 0.6 is 12.4 Å². The molecule has 7 heteroatoms. The lowest BCUT2D eigenvalue weighted by Gasteiger charge is -2.32. The van der Waals surface area contributed by atoms with Crippen molar-refractivity contribution in [3.63, 3.8) is 0 Å². The third kappa shape index (κ3) is 4.89. The Bertz CT molecular complexity index is 522. The molecule has 1 aromatic carbocycles. The van der Waals surface area contributed by atoms with Crippen molar-refractivity contribution in [1.82, 2.24) is 10.2 Å². The molecule has 0 radical (unpaired) electrons. The van der Waals surface area contributed by atoms with E-state index in [1.54, 1.807) is 24.3 Å². The molecule has 1 heterocycles. The second-order valence-electron chi connectivity index (χ2n) is 5.39. The van der Waals surface area contributed by atoms with E-state index in [0.717, 1.165) is 32.5 Å². The molecule has 122 valence electrons. The molecule has 4 N–H and O–H groups in total. The number of nitrogens with two attached hydrogens (primary N) is 1. The molecule has 1 atom stereocenters. The van der Waals surface area contributed by atoms with Gasteiger partial charge in [0.25, 0.3) is 5.91 Å². The lowest BCUT2D eigenvalue weighted by molar-refractivity contribution is 0.0674. The first kappa shape index (κ1) is 18.3. The van der Waals surface area contributed by atoms with E-state index in [2.05, 4.69) is 10.6 Å². The van der Waals surface area contributed by atoms with Crippen LogP contribution < -0.4 is 16.4 Å². The van der Waals surface area contributed by atoms with E-state index < -0.39 is 6.03 Å². The van der Waals surface area contributed by atoms with Crippen LogP contribution in [0.3, 0.4) is 0 Å². The first-order valence-corrected chi connectivity index (χ1v) is 7.20. The van der Waals surface area contributed by atoms with Gasteiger partial charge < -0.3 is 21.3 Å². The van der Waals surface area contributed by atoms with Gasteiger partial charge in [0.15, 0.2) is 0 Å². The number of carbonyl (C=O) groups excluding carboxylic acids is 2. The van der Waals surface area contributed by atoms with Crippen molar-refractivity contribution >= 4 is 30.0 Å². The number of anilines is 1. The number of halogens is 1. The molecular formula is C15H23ClN4O2. The van der Waals surface area contributed by atoms with Gasteiger partial charge in [-0.2, -0.15) is 0 Å². The quantitative estimate of drug-likeness (QED) is 0.786. The third-order valence-corrected chi connectivity index (χ3v) is 3.68. The van der Waals surface area contributed by atoms with Crippen LogP contribution in [-0.4, -0.2) is 43.5 Å². The van der Waals surface area contributed by atoms with Crippen molar-refractivity contribution in [1.29, 1.82) is 0 Å². The number of rotatable bonds is 4. The van der Waals surface area contributed by atoms with E-state index in [1.165, 1.54) is 0 Å². The summed E-state index contributed by atoms with van der Waals surface area (Å²) in [5, 5.41) is 5.66. The maximum atomic E-state index is 12.5. The van der Waals surface area contributed by atoms with Gasteiger partial charge in [-0.15, -0.1) is 12.4 Å². The van der Waals surface area contributed by atoms with Gasteiger partial charge in [0.1, 0.15) is 0 Å². The molecule has 0 saturated carbocycles. The molecule has 1 saturated heterocycles. The van der Waals surface area contributed by atoms with Crippen LogP contribution in [0.2, 0.25) is 0 Å². The Morgan fingerprint density at radius 1 is 1.41 bits per heavy atom. The standard InChI is InChI=1S/C15H22N4O2.ClH/c1-17-9-11-4-3-7-19(10-11)14(20)12-5-2-6-13(8-12)18-15(16)21;/h2,5-6,8,11,17H,3-4,7,9-10H2,1H3,(H3,16,18,21);1H. The summed E-state index contributed by atoms with van der Waals surface area (Å²) < 4.78 is 0. The van der Waals surface area contributed by atoms with Crippen LogP contribution in [0.4, 0.5) is 10.5 Å². The molecule has 1 aliphatic heterocycles. The van der Waals surface area contributed by atoms with Crippen LogP contribution in [0.5, 0.6) is 0 Å². The Labute approximate surface area is 136 Å². The van der Waals surface area contributed by atoms with Crippen molar-refractivity contribution in [2.24, 2.45) is 11.7 Å². The number of benzene rings is 1. The van der Waals surface area contributed by atoms with Gasteiger partial charge in [-0.25, -0.2) is 4.79 Å². The second kappa shape index (κ2) is 8.60. The normalized spacial score (nSPS) is 17.5. The monoisotopic (exact) mass is 326 g/mol. The molecule has 6 nitrogen and oxygen atoms in total. The van der Waals surface area contributed by atoms with Crippen molar-refractivity contribution < 1.29 is 9.59 Å². The molecule has 1 unspecified atom stereocenters. The van der Waals surface area contributed by atoms with Gasteiger partial charge in [-0.1, -0.05) is 6.07 Å². The number of piperidine rings is 1. The fourth-order valence-corrected chi connectivity index (χ4v) is 2.76. The number of urea groups is 1. The number of hydrogen-bond donors (Lipinski definition) is 3. The number of nitrogens with zero attached hydrogens (tertiary/aromatic N) is 1. The number of amides is 3. The zero-order chi connectivity index (χ0) is 15.2. The molecule has 3 amide bonds. The van der Waals surface area contributed by atoms with Gasteiger partial charge >= 0.3 is 6.03 Å². The minimum Gasteiger partial charge on any atom is -0.351 e. The van der Waals surface area contributed by atoms with E-state index in [4.69, 9.17) is 5.73 Å². The summed E-state index contributed by atoms with van der Waals surface area (Å²) >= 11 is 0. The van der Waals surface area contributed by atoms with Crippen LogP contribution in [0.1, 0.15) is 23.2 Å². The average Bonchev–Trinajstić information content (AvgIpc) is 2.47. The summed E-state index contributed by atoms with van der Waals surface area (Å²) in [6.07, 6.45) is 2.17. The maximum absolute atomic E-state index is 12.5. The van der Waals surface area contributed by atoms with Crippen LogP contribution in [0.15, 0.2) is 24.3 Å². The Kier molecular flexibility index (Phi) is 7.14. The van der Waals surface area contributed by atoms with Gasteiger partial charge in [-0.05, 0) is 50.6 Å². The van der Waals surface area contributed by atoms with E-state index >= 15 is 0 Å². The molecule has 22 heavy (non-hydrogen) atoms. The van der Waals surface area contributed by atoms with Crippen molar-refractivity contribution in [3.05, 3.63) is 29.8 Å². The van der Waals surface area contributed by atoms with Crippen molar-refractivity contribution in [3.8, 4) is 0 Å². The van der Waals surface area contributed by atoms with E-state index in [9.17, 15) is 9.59 Å². The lowest BCUT2D eigenvalue weighted by Crippen LogP contribution is -2.42. The fourth-order valence-electron chi connectivity index (χ4n) is 2.76. The lowest BCUT2D eigenvalue weighted by atomic mass is 9.97. The van der Waals surface area contributed by atoms with E-state index in [-0.39, 0.29) is 18.3 Å². The Morgan fingerprint density at radius 3 is 2.86 bits per heavy atom. The number of hydrogen-bond acceptors (Lipinski definition) is 3. The van der Waals surface area contributed by atoms with Crippen molar-refractivity contribution in [2.45, 2.75) is 12.8 Å². The summed E-state index contributed by atoms with van der Waals surface area (Å²) in [5.41, 5.74) is 6.21. The van der Waals surface area contributed by atoms with E-state index in [1.807, 2.05) is 11.9 Å². The predicted octanol–water partition coefficient (Wildman–Crippen LogP) is 1.67. The third-order valence-electron chi connectivity index (χ3n) is 3.68. The molecule has 0 bridgehead atoms. The van der Waals surface area contributed by atoms with Gasteiger partial charge in [-0.3, -0.25) is 4.79 Å². The first-order valence-electron chi connectivity index (χ1n) is 7.20. The summed E-state index contributed by atoms with van der Waals surface area (Å²) in [4.78, 5) is 25.3. The molecule has 1 aromatic rings. The molecule has 2 rings (SSSR count). The minimum absolute atomic E-state index is 0. The average molecular weight is 327 g/mol. The van der Waals surface area contributed by atoms with Crippen LogP contribution in [0.25, 0.3) is 0 Å². The number of likely N-dealkylation sites (tertiary alicyclic amines) is 1. The Hall–Kier alpha value is -1.79. The highest BCUT2D eigenvalue weighted by molar-refractivity contribution is 5.96. The van der Waals surface area contributed by atoms with Crippen LogP contribution in [0, 0.1) is 5.92 Å². The summed E-state index contributed by atoms with van der Waals surface area (Å²) in [7, 11) is 1.93. The molecule has 0 aromatic heterocycles. The topological polar surface area (TPSA) is 87.5 Å². The number of primary amides is 1. The SMILES string of the molecule is CNCC1CCCN(C(=O)c2cccc(NC(N)=O)c2)C1.Cl. The molecule has 1 fully saturated rings. The van der Waals surface area contributed by atoms with E-state index in [0.29, 0.717) is 17.2 Å². The predicted molar refractivity (Wildman–Crippen MR) is 89.5 cm³/mol. The number of nitrogens with one attached hydrogen (secondary N) is 2. The Morgan fingerprint density at radius 2 is 2.18 bits per heavy atom. The summed E-state index contributed by atoms with van der Waals surface area (Å²) in [5.74, 6) is 0.503. The summed E-state index contributed by atoms with van der Waals surface area (Å²) in [6.45, 7) is 2.48.